The highest BCUT2D eigenvalue weighted by Gasteiger charge is 2.25. The van der Waals surface area contributed by atoms with E-state index in [4.69, 9.17) is 9.47 Å². The maximum Gasteiger partial charge on any atom is 0.157 e. The number of aromatic nitrogens is 2. The number of unbranched alkanes of at least 4 members (excludes halogenated alkanes) is 1. The van der Waals surface area contributed by atoms with Gasteiger partial charge in [0.2, 0.25) is 0 Å². The fraction of sp³-hybridized carbons (Fsp3) is 0.632. The third kappa shape index (κ3) is 4.64. The Labute approximate surface area is 149 Å². The molecule has 1 unspecified atom stereocenters. The first-order valence-electron chi connectivity index (χ1n) is 9.51. The maximum atomic E-state index is 5.98. The summed E-state index contributed by atoms with van der Waals surface area (Å²) >= 11 is 0. The molecule has 2 heterocycles. The Hall–Kier alpha value is -1.79. The van der Waals surface area contributed by atoms with E-state index in [-0.39, 0.29) is 6.23 Å². The lowest BCUT2D eigenvalue weighted by Gasteiger charge is -2.31. The topological polar surface area (TPSA) is 71.2 Å². The van der Waals surface area contributed by atoms with E-state index in [1.54, 1.807) is 0 Å². The summed E-state index contributed by atoms with van der Waals surface area (Å²) in [5, 5.41) is 15.6. The van der Waals surface area contributed by atoms with E-state index in [9.17, 15) is 0 Å². The van der Waals surface area contributed by atoms with Gasteiger partial charge >= 0.3 is 0 Å². The van der Waals surface area contributed by atoms with Gasteiger partial charge < -0.3 is 20.1 Å². The number of nitrogens with zero attached hydrogens (tertiary/aromatic N) is 1. The second-order valence-corrected chi connectivity index (χ2v) is 6.61. The molecule has 0 amide bonds. The number of benzene rings is 1. The van der Waals surface area contributed by atoms with Crippen molar-refractivity contribution in [1.82, 2.24) is 15.5 Å². The number of ether oxygens (including phenoxy) is 2. The van der Waals surface area contributed by atoms with Gasteiger partial charge in [-0.05, 0) is 50.9 Å². The van der Waals surface area contributed by atoms with Crippen LogP contribution in [0.15, 0.2) is 18.2 Å². The summed E-state index contributed by atoms with van der Waals surface area (Å²) in [6, 6.07) is 6.07. The Kier molecular flexibility index (Phi) is 6.53. The fourth-order valence-electron chi connectivity index (χ4n) is 3.27. The van der Waals surface area contributed by atoms with Gasteiger partial charge in [0.1, 0.15) is 12.0 Å². The van der Waals surface area contributed by atoms with Gasteiger partial charge in [0.15, 0.2) is 5.82 Å². The van der Waals surface area contributed by atoms with E-state index in [0.29, 0.717) is 12.5 Å². The standard InChI is InChI=1S/C19H30N4O2/c1-3-5-11-25-15-8-9-17-16(12-15)18(23-22-17)21-19(24-4-2)14-7-6-10-20-13-14/h8-9,12,14,19-20H,3-7,10-11,13H2,1-2H3,(H2,21,22,23)/t14-,19?/m1/s1. The molecule has 0 bridgehead atoms. The normalized spacial score (nSPS) is 19.0. The maximum absolute atomic E-state index is 5.98. The number of nitrogens with one attached hydrogen (secondary N) is 3. The fourth-order valence-corrected chi connectivity index (χ4v) is 3.27. The van der Waals surface area contributed by atoms with Crippen molar-refractivity contribution >= 4 is 16.7 Å². The van der Waals surface area contributed by atoms with Gasteiger partial charge in [-0.25, -0.2) is 0 Å². The number of rotatable bonds is 9. The van der Waals surface area contributed by atoms with E-state index in [1.165, 1.54) is 12.8 Å². The van der Waals surface area contributed by atoms with Gasteiger partial charge in [0.05, 0.1) is 12.1 Å². The minimum atomic E-state index is -0.0334. The van der Waals surface area contributed by atoms with Crippen molar-refractivity contribution in [1.29, 1.82) is 0 Å². The molecule has 0 spiro atoms. The van der Waals surface area contributed by atoms with Crippen molar-refractivity contribution in [3.63, 3.8) is 0 Å². The summed E-state index contributed by atoms with van der Waals surface area (Å²) in [6.45, 7) is 7.70. The van der Waals surface area contributed by atoms with Gasteiger partial charge in [0.25, 0.3) is 0 Å². The molecule has 3 rings (SSSR count). The molecule has 25 heavy (non-hydrogen) atoms. The molecule has 1 aromatic heterocycles. The quantitative estimate of drug-likeness (QED) is 0.479. The lowest BCUT2D eigenvalue weighted by molar-refractivity contribution is 0.0311. The van der Waals surface area contributed by atoms with Crippen LogP contribution in [0, 0.1) is 5.92 Å². The van der Waals surface area contributed by atoms with Crippen molar-refractivity contribution in [3.05, 3.63) is 18.2 Å². The predicted molar refractivity (Wildman–Crippen MR) is 101 cm³/mol. The number of aromatic amines is 1. The number of hydrogen-bond acceptors (Lipinski definition) is 5. The Morgan fingerprint density at radius 3 is 3.04 bits per heavy atom. The van der Waals surface area contributed by atoms with E-state index in [1.807, 2.05) is 19.1 Å². The molecule has 0 aliphatic carbocycles. The molecule has 6 heteroatoms. The lowest BCUT2D eigenvalue weighted by atomic mass is 9.97. The van der Waals surface area contributed by atoms with Gasteiger partial charge in [0, 0.05) is 24.5 Å². The smallest absolute Gasteiger partial charge is 0.157 e. The third-order valence-electron chi connectivity index (χ3n) is 4.69. The van der Waals surface area contributed by atoms with Gasteiger partial charge in [-0.3, -0.25) is 5.10 Å². The molecule has 3 N–H and O–H groups in total. The van der Waals surface area contributed by atoms with Gasteiger partial charge in [-0.2, -0.15) is 5.10 Å². The van der Waals surface area contributed by atoms with Crippen molar-refractivity contribution in [2.24, 2.45) is 5.92 Å². The Morgan fingerprint density at radius 2 is 2.28 bits per heavy atom. The summed E-state index contributed by atoms with van der Waals surface area (Å²) in [6.07, 6.45) is 4.52. The predicted octanol–water partition coefficient (Wildman–Crippen LogP) is 3.52. The van der Waals surface area contributed by atoms with Crippen LogP contribution in [0.3, 0.4) is 0 Å². The first-order chi connectivity index (χ1) is 12.3. The number of H-pyrrole nitrogens is 1. The molecule has 138 valence electrons. The Morgan fingerprint density at radius 1 is 1.36 bits per heavy atom. The monoisotopic (exact) mass is 346 g/mol. The first kappa shape index (κ1) is 18.0. The van der Waals surface area contributed by atoms with E-state index in [0.717, 1.165) is 55.0 Å². The minimum Gasteiger partial charge on any atom is -0.494 e. The Bertz CT molecular complexity index is 652. The molecule has 2 aromatic rings. The van der Waals surface area contributed by atoms with Crippen LogP contribution >= 0.6 is 0 Å². The van der Waals surface area contributed by atoms with Crippen LogP contribution in [-0.2, 0) is 4.74 Å². The summed E-state index contributed by atoms with van der Waals surface area (Å²) in [7, 11) is 0. The SMILES string of the molecule is CCCCOc1ccc2[nH]nc(NC(OCC)[C@@H]3CCCNC3)c2c1. The van der Waals surface area contributed by atoms with Crippen LogP contribution in [-0.4, -0.2) is 42.7 Å². The van der Waals surface area contributed by atoms with E-state index < -0.39 is 0 Å². The van der Waals surface area contributed by atoms with Crippen LogP contribution in [0.4, 0.5) is 5.82 Å². The second-order valence-electron chi connectivity index (χ2n) is 6.61. The molecule has 2 atom stereocenters. The highest BCUT2D eigenvalue weighted by atomic mass is 16.5. The van der Waals surface area contributed by atoms with Crippen LogP contribution in [0.25, 0.3) is 10.9 Å². The lowest BCUT2D eigenvalue weighted by Crippen LogP contribution is -2.42. The molecule has 6 nitrogen and oxygen atoms in total. The molecule has 0 radical (unpaired) electrons. The summed E-state index contributed by atoms with van der Waals surface area (Å²) in [5.74, 6) is 2.17. The van der Waals surface area contributed by atoms with Crippen molar-refractivity contribution in [3.8, 4) is 5.75 Å². The van der Waals surface area contributed by atoms with Crippen molar-refractivity contribution in [2.75, 3.05) is 31.6 Å². The average Bonchev–Trinajstić information content (AvgIpc) is 3.05. The van der Waals surface area contributed by atoms with Crippen molar-refractivity contribution < 1.29 is 9.47 Å². The van der Waals surface area contributed by atoms with Gasteiger partial charge in [-0.15, -0.1) is 0 Å². The zero-order chi connectivity index (χ0) is 17.5. The highest BCUT2D eigenvalue weighted by Crippen LogP contribution is 2.28. The zero-order valence-electron chi connectivity index (χ0n) is 15.3. The molecule has 1 aliphatic heterocycles. The Balaban J connectivity index is 1.75. The zero-order valence-corrected chi connectivity index (χ0v) is 15.3. The van der Waals surface area contributed by atoms with Crippen LogP contribution < -0.4 is 15.4 Å². The number of hydrogen-bond donors (Lipinski definition) is 3. The van der Waals surface area contributed by atoms with E-state index >= 15 is 0 Å². The molecular weight excluding hydrogens is 316 g/mol. The van der Waals surface area contributed by atoms with E-state index in [2.05, 4.69) is 33.8 Å². The summed E-state index contributed by atoms with van der Waals surface area (Å²) in [4.78, 5) is 0. The summed E-state index contributed by atoms with van der Waals surface area (Å²) in [5.41, 5.74) is 1.00. The molecule has 0 saturated carbocycles. The molecule has 1 aromatic carbocycles. The number of anilines is 1. The number of piperidine rings is 1. The molecule has 1 aliphatic rings. The second kappa shape index (κ2) is 9.06. The molecular formula is C19H30N4O2. The first-order valence-corrected chi connectivity index (χ1v) is 9.51. The average molecular weight is 346 g/mol. The van der Waals surface area contributed by atoms with Crippen molar-refractivity contribution in [2.45, 2.75) is 45.8 Å². The van der Waals surface area contributed by atoms with Gasteiger partial charge in [-0.1, -0.05) is 13.3 Å². The summed E-state index contributed by atoms with van der Waals surface area (Å²) < 4.78 is 11.8. The molecule has 1 saturated heterocycles. The van der Waals surface area contributed by atoms with Crippen LogP contribution in [0.2, 0.25) is 0 Å². The minimum absolute atomic E-state index is 0.0334. The highest BCUT2D eigenvalue weighted by molar-refractivity contribution is 5.90. The largest absolute Gasteiger partial charge is 0.494 e. The third-order valence-corrected chi connectivity index (χ3v) is 4.69. The number of fused-ring (bicyclic) bond motifs is 1. The van der Waals surface area contributed by atoms with Crippen LogP contribution in [0.5, 0.6) is 5.75 Å². The van der Waals surface area contributed by atoms with Crippen LogP contribution in [0.1, 0.15) is 39.5 Å². The molecule has 1 fully saturated rings.